The maximum atomic E-state index is 11.1. The predicted octanol–water partition coefficient (Wildman–Crippen LogP) is 0.893. The van der Waals surface area contributed by atoms with Crippen LogP contribution in [-0.4, -0.2) is 28.3 Å². The lowest BCUT2D eigenvalue weighted by Gasteiger charge is -2.06. The van der Waals surface area contributed by atoms with Crippen LogP contribution in [0.1, 0.15) is 12.8 Å². The largest absolute Gasteiger partial charge is 0.256 e. The van der Waals surface area contributed by atoms with E-state index in [0.29, 0.717) is 6.42 Å². The molecule has 0 spiro atoms. The molecule has 0 aromatic carbocycles. The average Bonchev–Trinajstić information content (AvgIpc) is 2.28. The van der Waals surface area contributed by atoms with Gasteiger partial charge in [0.05, 0.1) is 16.4 Å². The van der Waals surface area contributed by atoms with Gasteiger partial charge in [-0.05, 0) is 18.8 Å². The first-order valence-corrected chi connectivity index (χ1v) is 8.17. The summed E-state index contributed by atoms with van der Waals surface area (Å²) in [4.78, 5) is -0.0960. The molecule has 1 heterocycles. The van der Waals surface area contributed by atoms with Crippen LogP contribution in [0.15, 0.2) is 11.5 Å². The summed E-state index contributed by atoms with van der Waals surface area (Å²) in [6.45, 7) is 3.32. The van der Waals surface area contributed by atoms with Crippen LogP contribution in [0, 0.1) is 5.92 Å². The lowest BCUT2D eigenvalue weighted by Crippen LogP contribution is -2.07. The van der Waals surface area contributed by atoms with Crippen LogP contribution in [0.3, 0.4) is 0 Å². The number of rotatable bonds is 3. The van der Waals surface area contributed by atoms with Gasteiger partial charge in [0.2, 0.25) is 0 Å². The van der Waals surface area contributed by atoms with Crippen LogP contribution < -0.4 is 0 Å². The topological polar surface area (TPSA) is 68.3 Å². The normalized spacial score (nSPS) is 26.2. The summed E-state index contributed by atoms with van der Waals surface area (Å²) in [7, 11) is -1.65. The van der Waals surface area contributed by atoms with E-state index in [-0.39, 0.29) is 28.7 Å². The van der Waals surface area contributed by atoms with E-state index < -0.39 is 18.9 Å². The smallest absolute Gasteiger partial charge is 0.229 e. The molecule has 0 aromatic rings. The average molecular weight is 259 g/mol. The highest BCUT2D eigenvalue weighted by Crippen LogP contribution is 2.27. The lowest BCUT2D eigenvalue weighted by atomic mass is 10.1. The molecule has 0 aromatic heterocycles. The van der Waals surface area contributed by atoms with Crippen molar-refractivity contribution >= 4 is 29.6 Å². The third-order valence-electron chi connectivity index (χ3n) is 2.19. The van der Waals surface area contributed by atoms with Crippen molar-refractivity contribution < 1.29 is 16.8 Å². The van der Waals surface area contributed by atoms with E-state index in [0.717, 1.165) is 0 Å². The Morgan fingerprint density at radius 1 is 1.50 bits per heavy atom. The van der Waals surface area contributed by atoms with E-state index in [4.69, 9.17) is 10.7 Å². The molecule has 4 nitrogen and oxygen atoms in total. The Bertz CT molecular complexity index is 434. The summed E-state index contributed by atoms with van der Waals surface area (Å²) in [5.41, 5.74) is 0. The highest BCUT2D eigenvalue weighted by Gasteiger charge is 2.29. The van der Waals surface area contributed by atoms with Gasteiger partial charge in [-0.15, -0.1) is 0 Å². The number of hydrogen-bond donors (Lipinski definition) is 0. The Balaban J connectivity index is 2.62. The van der Waals surface area contributed by atoms with Crippen molar-refractivity contribution in [3.8, 4) is 0 Å². The van der Waals surface area contributed by atoms with Gasteiger partial charge in [0.1, 0.15) is 0 Å². The highest BCUT2D eigenvalue weighted by atomic mass is 35.7. The van der Waals surface area contributed by atoms with Crippen LogP contribution in [0.2, 0.25) is 0 Å². The summed E-state index contributed by atoms with van der Waals surface area (Å²) in [5, 5.41) is 0. The number of halogens is 1. The van der Waals surface area contributed by atoms with Gasteiger partial charge in [-0.25, -0.2) is 16.8 Å². The van der Waals surface area contributed by atoms with Gasteiger partial charge in [0, 0.05) is 10.7 Å². The Hall–Kier alpha value is -0.0700. The van der Waals surface area contributed by atoms with Crippen molar-refractivity contribution in [2.75, 3.05) is 11.5 Å². The maximum Gasteiger partial charge on any atom is 0.256 e. The first-order valence-electron chi connectivity index (χ1n) is 4.03. The Morgan fingerprint density at radius 2 is 2.07 bits per heavy atom. The molecule has 1 atom stereocenters. The molecule has 0 saturated carbocycles. The van der Waals surface area contributed by atoms with E-state index >= 15 is 0 Å². The maximum absolute atomic E-state index is 11.1. The van der Waals surface area contributed by atoms with Crippen LogP contribution >= 0.6 is 10.7 Å². The van der Waals surface area contributed by atoms with Crippen LogP contribution in [-0.2, 0) is 18.9 Å². The first-order chi connectivity index (χ1) is 6.21. The zero-order valence-corrected chi connectivity index (χ0v) is 9.83. The van der Waals surface area contributed by atoms with Crippen LogP contribution in [0.5, 0.6) is 0 Å². The van der Waals surface area contributed by atoms with Gasteiger partial charge in [-0.3, -0.25) is 0 Å². The first kappa shape index (κ1) is 12.0. The number of hydrogen-bond acceptors (Lipinski definition) is 4. The third-order valence-corrected chi connectivity index (χ3v) is 5.54. The lowest BCUT2D eigenvalue weighted by molar-refractivity contribution is 0.577. The molecule has 14 heavy (non-hydrogen) atoms. The molecular formula is C7H11ClO4S2. The minimum Gasteiger partial charge on any atom is -0.229 e. The van der Waals surface area contributed by atoms with Crippen molar-refractivity contribution in [2.24, 2.45) is 5.92 Å². The molecule has 1 aliphatic heterocycles. The van der Waals surface area contributed by atoms with Crippen molar-refractivity contribution in [1.82, 2.24) is 0 Å². The summed E-state index contributed by atoms with van der Waals surface area (Å²) in [6, 6.07) is 0. The molecule has 1 saturated heterocycles. The predicted molar refractivity (Wildman–Crippen MR) is 55.3 cm³/mol. The van der Waals surface area contributed by atoms with Crippen molar-refractivity contribution in [3.63, 3.8) is 0 Å². The van der Waals surface area contributed by atoms with Crippen molar-refractivity contribution in [1.29, 1.82) is 0 Å². The monoisotopic (exact) mass is 258 g/mol. The standard InChI is InChI=1S/C7H11ClO4S2/c1-6(14(8,11)12)4-7-2-3-13(9,10)5-7/h7H,1-5H2. The molecule has 7 heteroatoms. The second-order valence-electron chi connectivity index (χ2n) is 3.45. The zero-order valence-electron chi connectivity index (χ0n) is 7.44. The van der Waals surface area contributed by atoms with Gasteiger partial charge in [0.25, 0.3) is 9.05 Å². The van der Waals surface area contributed by atoms with E-state index in [1.165, 1.54) is 0 Å². The fourth-order valence-corrected chi connectivity index (χ4v) is 3.94. The summed E-state index contributed by atoms with van der Waals surface area (Å²) >= 11 is 0. The second-order valence-corrected chi connectivity index (χ2v) is 8.35. The minimum absolute atomic E-state index is 0.0401. The van der Waals surface area contributed by atoms with Gasteiger partial charge < -0.3 is 0 Å². The van der Waals surface area contributed by atoms with E-state index in [2.05, 4.69) is 6.58 Å². The molecule has 0 N–H and O–H groups in total. The van der Waals surface area contributed by atoms with Gasteiger partial charge in [-0.2, -0.15) is 0 Å². The minimum atomic E-state index is -3.74. The van der Waals surface area contributed by atoms with Crippen molar-refractivity contribution in [2.45, 2.75) is 12.8 Å². The van der Waals surface area contributed by atoms with Crippen LogP contribution in [0.4, 0.5) is 0 Å². The Kier molecular flexibility index (Phi) is 3.28. The molecule has 0 amide bonds. The number of allylic oxidation sites excluding steroid dienone is 1. The fraction of sp³-hybridized carbons (Fsp3) is 0.714. The summed E-state index contributed by atoms with van der Waals surface area (Å²) < 4.78 is 43.7. The van der Waals surface area contributed by atoms with Crippen molar-refractivity contribution in [3.05, 3.63) is 11.5 Å². The van der Waals surface area contributed by atoms with E-state index in [1.807, 2.05) is 0 Å². The number of sulfone groups is 1. The SMILES string of the molecule is C=C(CC1CCS(=O)(=O)C1)S(=O)(=O)Cl. The summed E-state index contributed by atoms with van der Waals surface area (Å²) in [6.07, 6.45) is 0.638. The quantitative estimate of drug-likeness (QED) is 0.705. The molecule has 1 rings (SSSR count). The Labute approximate surface area is 88.3 Å². The molecule has 1 fully saturated rings. The molecular weight excluding hydrogens is 248 g/mol. The van der Waals surface area contributed by atoms with Crippen LogP contribution in [0.25, 0.3) is 0 Å². The summed E-state index contributed by atoms with van der Waals surface area (Å²) in [5.74, 6) is 0.0205. The molecule has 0 radical (unpaired) electrons. The van der Waals surface area contributed by atoms with E-state index in [9.17, 15) is 16.8 Å². The van der Waals surface area contributed by atoms with Gasteiger partial charge >= 0.3 is 0 Å². The molecule has 82 valence electrons. The Morgan fingerprint density at radius 3 is 2.43 bits per heavy atom. The third kappa shape index (κ3) is 3.25. The van der Waals surface area contributed by atoms with E-state index in [1.54, 1.807) is 0 Å². The molecule has 1 unspecified atom stereocenters. The molecule has 1 aliphatic rings. The molecule has 0 bridgehead atoms. The second kappa shape index (κ2) is 3.83. The molecule has 0 aliphatic carbocycles. The highest BCUT2D eigenvalue weighted by molar-refractivity contribution is 8.16. The van der Waals surface area contributed by atoms with Gasteiger partial charge in [0.15, 0.2) is 9.84 Å². The zero-order chi connectivity index (χ0) is 11.0. The fourth-order valence-electron chi connectivity index (χ4n) is 1.45. The van der Waals surface area contributed by atoms with Gasteiger partial charge in [-0.1, -0.05) is 6.58 Å².